The third-order valence-corrected chi connectivity index (χ3v) is 7.70. The van der Waals surface area contributed by atoms with Gasteiger partial charge in [-0.2, -0.15) is 5.26 Å². The summed E-state index contributed by atoms with van der Waals surface area (Å²) in [5.41, 5.74) is 1.76. The third-order valence-electron chi connectivity index (χ3n) is 7.70. The molecule has 3 aliphatic carbocycles. The first-order chi connectivity index (χ1) is 11.5. The highest BCUT2D eigenvalue weighted by atomic mass is 16.4. The van der Waals surface area contributed by atoms with Crippen molar-refractivity contribution in [2.45, 2.75) is 71.1 Å². The number of carboxylic acid groups (broad SMARTS) is 1. The van der Waals surface area contributed by atoms with Crippen LogP contribution < -0.4 is 0 Å². The highest BCUT2D eigenvalue weighted by Crippen LogP contribution is 2.62. The molecular formula is C21H31NO2. The van der Waals surface area contributed by atoms with E-state index in [1.807, 2.05) is 0 Å². The molecule has 6 atom stereocenters. The molecule has 3 fully saturated rings. The van der Waals surface area contributed by atoms with Gasteiger partial charge in [0.2, 0.25) is 0 Å². The summed E-state index contributed by atoms with van der Waals surface area (Å²) < 4.78 is 0. The topological polar surface area (TPSA) is 61.1 Å². The molecule has 3 saturated carbocycles. The van der Waals surface area contributed by atoms with E-state index in [2.05, 4.69) is 19.6 Å². The van der Waals surface area contributed by atoms with Crippen LogP contribution >= 0.6 is 0 Å². The molecule has 0 amide bonds. The van der Waals surface area contributed by atoms with Crippen LogP contribution in [0.4, 0.5) is 0 Å². The summed E-state index contributed by atoms with van der Waals surface area (Å²) in [6, 6.07) is 2.32. The van der Waals surface area contributed by atoms with Gasteiger partial charge in [-0.05, 0) is 86.4 Å². The number of rotatable bonds is 4. The lowest BCUT2D eigenvalue weighted by atomic mass is 9.46. The van der Waals surface area contributed by atoms with Crippen molar-refractivity contribution in [3.8, 4) is 6.07 Å². The molecule has 0 bridgehead atoms. The highest BCUT2D eigenvalue weighted by molar-refractivity contribution is 5.67. The van der Waals surface area contributed by atoms with Gasteiger partial charge >= 0.3 is 5.97 Å². The lowest BCUT2D eigenvalue weighted by Gasteiger charge is -2.58. The minimum atomic E-state index is -0.636. The zero-order chi connectivity index (χ0) is 17.3. The van der Waals surface area contributed by atoms with E-state index in [1.165, 1.54) is 31.3 Å². The smallest absolute Gasteiger partial charge is 0.303 e. The normalized spacial score (nSPS) is 41.8. The molecule has 0 aliphatic heterocycles. The Morgan fingerprint density at radius 1 is 1.38 bits per heavy atom. The monoisotopic (exact) mass is 329 g/mol. The van der Waals surface area contributed by atoms with Crippen molar-refractivity contribution >= 4 is 5.97 Å². The van der Waals surface area contributed by atoms with Crippen LogP contribution in [0.2, 0.25) is 0 Å². The number of carboxylic acids is 1. The summed E-state index contributed by atoms with van der Waals surface area (Å²) in [5.74, 6) is 2.43. The van der Waals surface area contributed by atoms with Crippen LogP contribution in [0.3, 0.4) is 0 Å². The first-order valence-electron chi connectivity index (χ1n) is 9.72. The Kier molecular flexibility index (Phi) is 5.04. The van der Waals surface area contributed by atoms with Gasteiger partial charge in [-0.15, -0.1) is 0 Å². The third kappa shape index (κ3) is 3.13. The van der Waals surface area contributed by atoms with E-state index in [4.69, 9.17) is 10.4 Å². The van der Waals surface area contributed by atoms with Crippen molar-refractivity contribution in [1.82, 2.24) is 0 Å². The molecular weight excluding hydrogens is 298 g/mol. The van der Waals surface area contributed by atoms with E-state index in [0.717, 1.165) is 31.6 Å². The Bertz CT molecular complexity index is 549. The number of carbonyl (C=O) groups is 1. The first-order valence-corrected chi connectivity index (χ1v) is 9.72. The maximum Gasteiger partial charge on any atom is 0.303 e. The van der Waals surface area contributed by atoms with Crippen molar-refractivity contribution in [2.24, 2.45) is 35.0 Å². The maximum absolute atomic E-state index is 11.1. The van der Waals surface area contributed by atoms with Crippen LogP contribution in [-0.2, 0) is 4.79 Å². The average molecular weight is 329 g/mol. The van der Waals surface area contributed by atoms with Crippen molar-refractivity contribution in [2.75, 3.05) is 0 Å². The minimum Gasteiger partial charge on any atom is -0.481 e. The Morgan fingerprint density at radius 2 is 2.17 bits per heavy atom. The van der Waals surface area contributed by atoms with Gasteiger partial charge in [0.1, 0.15) is 0 Å². The molecule has 0 aromatic rings. The standard InChI is InChI=1S/C21H31NO2/c1-14-5-8-19-18(17(14)4-3-11-22)7-6-16-12-15(13-20(23)24)9-10-21(16,19)2/h15-19H,1,3-10,12-13H2,2H3,(H,23,24)/t15-,16+,17-,18+,19+,21+/m1/s1. The number of allylic oxidation sites excluding steroid dienone is 1. The fraction of sp³-hybridized carbons (Fsp3) is 0.810. The van der Waals surface area contributed by atoms with Crippen LogP contribution in [0.15, 0.2) is 12.2 Å². The molecule has 1 N–H and O–H groups in total. The predicted molar refractivity (Wildman–Crippen MR) is 94.1 cm³/mol. The van der Waals surface area contributed by atoms with Crippen LogP contribution in [0.5, 0.6) is 0 Å². The van der Waals surface area contributed by atoms with Gasteiger partial charge in [0.05, 0.1) is 6.07 Å². The molecule has 3 heteroatoms. The van der Waals surface area contributed by atoms with Crippen molar-refractivity contribution in [3.63, 3.8) is 0 Å². The number of nitrogens with zero attached hydrogens (tertiary/aromatic N) is 1. The molecule has 0 spiro atoms. The molecule has 0 radical (unpaired) electrons. The summed E-state index contributed by atoms with van der Waals surface area (Å²) in [4.78, 5) is 11.1. The quantitative estimate of drug-likeness (QED) is 0.723. The SMILES string of the molecule is C=C1CC[C@H]2[C@@H](CC[C@H]3C[C@H](CC(=O)O)CC[C@@]32C)[C@@H]1CCC#N. The Labute approximate surface area is 146 Å². The minimum absolute atomic E-state index is 0.349. The molecule has 0 saturated heterocycles. The zero-order valence-corrected chi connectivity index (χ0v) is 15.0. The second kappa shape index (κ2) is 6.90. The Hall–Kier alpha value is -1.30. The summed E-state index contributed by atoms with van der Waals surface area (Å²) >= 11 is 0. The molecule has 0 aromatic heterocycles. The number of hydrogen-bond donors (Lipinski definition) is 1. The van der Waals surface area contributed by atoms with Gasteiger partial charge in [0, 0.05) is 12.8 Å². The Morgan fingerprint density at radius 3 is 2.88 bits per heavy atom. The van der Waals surface area contributed by atoms with Gasteiger partial charge in [-0.3, -0.25) is 4.79 Å². The van der Waals surface area contributed by atoms with E-state index in [9.17, 15) is 4.79 Å². The largest absolute Gasteiger partial charge is 0.481 e. The van der Waals surface area contributed by atoms with Crippen molar-refractivity contribution < 1.29 is 9.90 Å². The predicted octanol–water partition coefficient (Wildman–Crippen LogP) is 5.18. The second-order valence-corrected chi connectivity index (χ2v) is 8.79. The van der Waals surface area contributed by atoms with E-state index in [1.54, 1.807) is 0 Å². The first kappa shape index (κ1) is 17.5. The fourth-order valence-electron chi connectivity index (χ4n) is 6.45. The highest BCUT2D eigenvalue weighted by Gasteiger charge is 2.53. The number of aliphatic carboxylic acids is 1. The van der Waals surface area contributed by atoms with Gasteiger partial charge in [-0.1, -0.05) is 19.1 Å². The van der Waals surface area contributed by atoms with Crippen LogP contribution in [0.25, 0.3) is 0 Å². The van der Waals surface area contributed by atoms with Gasteiger partial charge in [-0.25, -0.2) is 0 Å². The number of nitriles is 1. The molecule has 3 rings (SSSR count). The average Bonchev–Trinajstić information content (AvgIpc) is 2.53. The maximum atomic E-state index is 11.1. The van der Waals surface area contributed by atoms with Crippen LogP contribution in [0, 0.1) is 46.3 Å². The summed E-state index contributed by atoms with van der Waals surface area (Å²) in [5, 5.41) is 18.1. The molecule has 3 aliphatic rings. The van der Waals surface area contributed by atoms with Crippen molar-refractivity contribution in [3.05, 3.63) is 12.2 Å². The molecule has 24 heavy (non-hydrogen) atoms. The Balaban J connectivity index is 1.75. The summed E-state index contributed by atoms with van der Waals surface area (Å²) in [7, 11) is 0. The molecule has 3 nitrogen and oxygen atoms in total. The van der Waals surface area contributed by atoms with Crippen LogP contribution in [0.1, 0.15) is 71.1 Å². The second-order valence-electron chi connectivity index (χ2n) is 8.79. The fourth-order valence-corrected chi connectivity index (χ4v) is 6.45. The lowest BCUT2D eigenvalue weighted by Crippen LogP contribution is -2.50. The van der Waals surface area contributed by atoms with Crippen molar-refractivity contribution in [1.29, 1.82) is 5.26 Å². The van der Waals surface area contributed by atoms with E-state index < -0.39 is 5.97 Å². The van der Waals surface area contributed by atoms with Gasteiger partial charge in [0.15, 0.2) is 0 Å². The van der Waals surface area contributed by atoms with Crippen LogP contribution in [-0.4, -0.2) is 11.1 Å². The summed E-state index contributed by atoms with van der Waals surface area (Å²) in [6.45, 7) is 6.82. The van der Waals surface area contributed by atoms with E-state index in [-0.39, 0.29) is 0 Å². The molecule has 0 unspecified atom stereocenters. The molecule has 132 valence electrons. The number of hydrogen-bond acceptors (Lipinski definition) is 2. The van der Waals surface area contributed by atoms with Gasteiger partial charge < -0.3 is 5.11 Å². The van der Waals surface area contributed by atoms with E-state index in [0.29, 0.717) is 41.9 Å². The molecule has 0 aromatic carbocycles. The summed E-state index contributed by atoms with van der Waals surface area (Å²) in [6.07, 6.45) is 10.2. The van der Waals surface area contributed by atoms with Gasteiger partial charge in [0.25, 0.3) is 0 Å². The number of fused-ring (bicyclic) bond motifs is 3. The molecule has 0 heterocycles. The lowest BCUT2D eigenvalue weighted by molar-refractivity contribution is -0.140. The van der Waals surface area contributed by atoms with E-state index >= 15 is 0 Å². The zero-order valence-electron chi connectivity index (χ0n) is 15.0.